The van der Waals surface area contributed by atoms with Crippen LogP contribution in [-0.2, 0) is 11.2 Å². The van der Waals surface area contributed by atoms with Crippen LogP contribution in [0.3, 0.4) is 0 Å². The molecule has 1 saturated carbocycles. The first kappa shape index (κ1) is 31.1. The number of ether oxygens (including phenoxy) is 1. The molecule has 0 radical (unpaired) electrons. The number of fused-ring (bicyclic) bond motifs is 1. The van der Waals surface area contributed by atoms with E-state index in [4.69, 9.17) is 9.26 Å². The van der Waals surface area contributed by atoms with Crippen LogP contribution in [0, 0.1) is 19.8 Å². The average Bonchev–Trinajstić information content (AvgIpc) is 3.29. The first-order valence-corrected chi connectivity index (χ1v) is 14.8. The molecule has 12 nitrogen and oxygen atoms in total. The Hall–Kier alpha value is -3.80. The van der Waals surface area contributed by atoms with Gasteiger partial charge in [-0.25, -0.2) is 9.59 Å². The summed E-state index contributed by atoms with van der Waals surface area (Å²) in [6.07, 6.45) is 5.04. The van der Waals surface area contributed by atoms with E-state index in [1.807, 2.05) is 6.92 Å². The van der Waals surface area contributed by atoms with Gasteiger partial charge in [-0.05, 0) is 51.8 Å². The van der Waals surface area contributed by atoms with Gasteiger partial charge >= 0.3 is 12.1 Å². The number of amides is 5. The number of aliphatic hydroxyl groups is 1. The molecular weight excluding hydrogens is 540 g/mol. The molecule has 12 heteroatoms. The largest absolute Gasteiger partial charge is 0.488 e. The van der Waals surface area contributed by atoms with Gasteiger partial charge in [-0.3, -0.25) is 4.79 Å². The van der Waals surface area contributed by atoms with Crippen LogP contribution >= 0.6 is 0 Å². The zero-order valence-electron chi connectivity index (χ0n) is 25.2. The van der Waals surface area contributed by atoms with E-state index in [0.717, 1.165) is 25.7 Å². The van der Waals surface area contributed by atoms with Gasteiger partial charge in [-0.2, -0.15) is 0 Å². The number of aliphatic hydroxyl groups excluding tert-OH is 1. The summed E-state index contributed by atoms with van der Waals surface area (Å²) in [5, 5.41) is 22.4. The zero-order valence-corrected chi connectivity index (χ0v) is 25.2. The maximum absolute atomic E-state index is 13.5. The number of hydrogen-bond donors (Lipinski definition) is 4. The smallest absolute Gasteiger partial charge is 0.323 e. The second kappa shape index (κ2) is 13.9. The Morgan fingerprint density at radius 2 is 1.93 bits per heavy atom. The molecule has 5 amide bonds. The molecule has 1 aromatic carbocycles. The summed E-state index contributed by atoms with van der Waals surface area (Å²) in [5.74, 6) is 0.704. The van der Waals surface area contributed by atoms with Crippen LogP contribution in [0.1, 0.15) is 63.0 Å². The van der Waals surface area contributed by atoms with Crippen LogP contribution in [-0.4, -0.2) is 83.0 Å². The summed E-state index contributed by atoms with van der Waals surface area (Å²) in [5.41, 5.74) is 2.13. The van der Waals surface area contributed by atoms with Gasteiger partial charge in [0.05, 0.1) is 25.6 Å². The Bertz CT molecular complexity index is 1240. The molecule has 230 valence electrons. The maximum Gasteiger partial charge on any atom is 0.323 e. The molecule has 2 heterocycles. The highest BCUT2D eigenvalue weighted by atomic mass is 16.5. The minimum Gasteiger partial charge on any atom is -0.488 e. The van der Waals surface area contributed by atoms with Gasteiger partial charge in [0.25, 0.3) is 0 Å². The summed E-state index contributed by atoms with van der Waals surface area (Å²) >= 11 is 0. The number of nitrogens with zero attached hydrogens (tertiary/aromatic N) is 3. The summed E-state index contributed by atoms with van der Waals surface area (Å²) in [6, 6.07) is 4.34. The molecular formula is C30H44N6O6. The molecule has 42 heavy (non-hydrogen) atoms. The Morgan fingerprint density at radius 1 is 1.19 bits per heavy atom. The van der Waals surface area contributed by atoms with Crippen molar-refractivity contribution in [2.45, 2.75) is 84.4 Å². The number of aryl methyl sites for hydroxylation is 2. The molecule has 2 aliphatic rings. The summed E-state index contributed by atoms with van der Waals surface area (Å²) in [4.78, 5) is 42.6. The first-order chi connectivity index (χ1) is 20.0. The van der Waals surface area contributed by atoms with Crippen molar-refractivity contribution in [2.24, 2.45) is 5.92 Å². The van der Waals surface area contributed by atoms with Gasteiger partial charge in [-0.1, -0.05) is 31.3 Å². The minimum atomic E-state index is -0.479. The lowest BCUT2D eigenvalue weighted by Crippen LogP contribution is -2.50. The number of likely N-dealkylation sites (N-methyl/N-ethyl adjacent to an activating group) is 1. The molecule has 0 spiro atoms. The quantitative estimate of drug-likeness (QED) is 0.383. The van der Waals surface area contributed by atoms with E-state index in [0.29, 0.717) is 47.2 Å². The highest BCUT2D eigenvalue weighted by Gasteiger charge is 2.32. The van der Waals surface area contributed by atoms with E-state index in [2.05, 4.69) is 21.1 Å². The van der Waals surface area contributed by atoms with E-state index >= 15 is 0 Å². The second-order valence-corrected chi connectivity index (χ2v) is 11.7. The number of rotatable bonds is 7. The Morgan fingerprint density at radius 3 is 2.60 bits per heavy atom. The highest BCUT2D eigenvalue weighted by molar-refractivity contribution is 6.00. The summed E-state index contributed by atoms with van der Waals surface area (Å²) in [7, 11) is 1.76. The van der Waals surface area contributed by atoms with Gasteiger partial charge in [0.2, 0.25) is 5.91 Å². The molecule has 1 aliphatic carbocycles. The van der Waals surface area contributed by atoms with Crippen molar-refractivity contribution in [3.63, 3.8) is 0 Å². The van der Waals surface area contributed by atoms with Crippen molar-refractivity contribution in [3.05, 3.63) is 35.2 Å². The van der Waals surface area contributed by atoms with Gasteiger partial charge in [0.1, 0.15) is 23.2 Å². The number of carbonyl (C=O) groups is 3. The fourth-order valence-corrected chi connectivity index (χ4v) is 5.55. The number of urea groups is 2. The molecule has 4 N–H and O–H groups in total. The van der Waals surface area contributed by atoms with Crippen molar-refractivity contribution in [2.75, 3.05) is 37.4 Å². The molecule has 1 aliphatic heterocycles. The lowest BCUT2D eigenvalue weighted by atomic mass is 9.96. The fourth-order valence-electron chi connectivity index (χ4n) is 5.55. The standard InChI is InChI=1S/C30H44N6O6/c1-18-15-36(19(2)17-37)27(38)14-22-13-24(31-29(39)33-28-20(3)34-42-21(28)4)11-12-25(22)41-26(18)16-35(5)30(40)32-23-9-7-6-8-10-23/h11-13,18-19,23,26,37H,6-10,14-17H2,1-5H3,(H,32,40)(H2,31,33,39)/t18-,19-,26-/m1/s1. The molecule has 4 rings (SSSR count). The lowest BCUT2D eigenvalue weighted by molar-refractivity contribution is -0.134. The Balaban J connectivity index is 1.54. The molecule has 1 fully saturated rings. The normalized spacial score (nSPS) is 20.3. The number of carbonyl (C=O) groups excluding carboxylic acids is 3. The predicted octanol–water partition coefficient (Wildman–Crippen LogP) is 4.06. The summed E-state index contributed by atoms with van der Waals surface area (Å²) < 4.78 is 11.6. The number of hydrogen-bond acceptors (Lipinski definition) is 7. The molecule has 1 aromatic heterocycles. The van der Waals surface area contributed by atoms with E-state index in [-0.39, 0.29) is 36.9 Å². The number of benzene rings is 1. The molecule has 2 aromatic rings. The SMILES string of the molecule is Cc1noc(C)c1NC(=O)Nc1ccc2c(c1)CC(=O)N([C@H](C)CO)C[C@@H](C)[C@@H](CN(C)C(=O)NC1CCCCC1)O2. The van der Waals surface area contributed by atoms with Crippen molar-refractivity contribution in [1.29, 1.82) is 0 Å². The van der Waals surface area contributed by atoms with Crippen LogP contribution < -0.4 is 20.7 Å². The van der Waals surface area contributed by atoms with E-state index in [9.17, 15) is 19.5 Å². The monoisotopic (exact) mass is 584 g/mol. The molecule has 0 unspecified atom stereocenters. The molecule has 0 saturated heterocycles. The van der Waals surface area contributed by atoms with Crippen molar-refractivity contribution in [1.82, 2.24) is 20.3 Å². The third kappa shape index (κ3) is 7.72. The van der Waals surface area contributed by atoms with Crippen molar-refractivity contribution in [3.8, 4) is 5.75 Å². The molecule has 0 bridgehead atoms. The lowest BCUT2D eigenvalue weighted by Gasteiger charge is -2.34. The van der Waals surface area contributed by atoms with Crippen LogP contribution in [0.25, 0.3) is 0 Å². The average molecular weight is 585 g/mol. The highest BCUT2D eigenvalue weighted by Crippen LogP contribution is 2.30. The third-order valence-electron chi connectivity index (χ3n) is 8.18. The van der Waals surface area contributed by atoms with Crippen LogP contribution in [0.2, 0.25) is 0 Å². The van der Waals surface area contributed by atoms with Gasteiger partial charge in [-0.15, -0.1) is 0 Å². The summed E-state index contributed by atoms with van der Waals surface area (Å²) in [6.45, 7) is 7.74. The Labute approximate surface area is 247 Å². The second-order valence-electron chi connectivity index (χ2n) is 11.7. The van der Waals surface area contributed by atoms with Gasteiger partial charge in [0.15, 0.2) is 5.76 Å². The van der Waals surface area contributed by atoms with Gasteiger partial charge in [0, 0.05) is 36.8 Å². The number of anilines is 2. The van der Waals surface area contributed by atoms with E-state index < -0.39 is 18.2 Å². The third-order valence-corrected chi connectivity index (χ3v) is 8.18. The maximum atomic E-state index is 13.5. The van der Waals surface area contributed by atoms with Crippen LogP contribution in [0.4, 0.5) is 21.0 Å². The predicted molar refractivity (Wildman–Crippen MR) is 159 cm³/mol. The molecule has 3 atom stereocenters. The van der Waals surface area contributed by atoms with Crippen LogP contribution in [0.5, 0.6) is 5.75 Å². The van der Waals surface area contributed by atoms with Crippen LogP contribution in [0.15, 0.2) is 22.7 Å². The van der Waals surface area contributed by atoms with Gasteiger partial charge < -0.3 is 40.1 Å². The number of aromatic nitrogens is 1. The topological polar surface area (TPSA) is 149 Å². The zero-order chi connectivity index (χ0) is 30.4. The fraction of sp³-hybridized carbons (Fsp3) is 0.600. The van der Waals surface area contributed by atoms with E-state index in [1.165, 1.54) is 6.42 Å². The number of nitrogens with one attached hydrogen (secondary N) is 3. The van der Waals surface area contributed by atoms with Crippen molar-refractivity contribution >= 4 is 29.3 Å². The Kier molecular flexibility index (Phi) is 10.3. The first-order valence-electron chi connectivity index (χ1n) is 14.8. The van der Waals surface area contributed by atoms with E-state index in [1.54, 1.807) is 55.8 Å². The van der Waals surface area contributed by atoms with Crippen molar-refractivity contribution < 1.29 is 28.8 Å². The minimum absolute atomic E-state index is 0.0259.